The predicted molar refractivity (Wildman–Crippen MR) is 55.1 cm³/mol. The van der Waals surface area contributed by atoms with Gasteiger partial charge in [0.15, 0.2) is 0 Å². The number of ether oxygens (including phenoxy) is 1. The quantitative estimate of drug-likeness (QED) is 0.621. The van der Waals surface area contributed by atoms with Crippen LogP contribution in [-0.2, 0) is 9.53 Å². The number of carbonyl (C=O) groups is 1. The summed E-state index contributed by atoms with van der Waals surface area (Å²) in [6, 6.07) is 0.317. The number of rotatable bonds is 5. The van der Waals surface area contributed by atoms with Crippen molar-refractivity contribution < 1.29 is 9.53 Å². The molecule has 1 aliphatic heterocycles. The van der Waals surface area contributed by atoms with E-state index >= 15 is 0 Å². The molecule has 1 aliphatic rings. The Morgan fingerprint density at radius 1 is 1.64 bits per heavy atom. The lowest BCUT2D eigenvalue weighted by Crippen LogP contribution is -2.37. The van der Waals surface area contributed by atoms with Crippen LogP contribution in [0, 0.1) is 5.92 Å². The average Bonchev–Trinajstić information content (AvgIpc) is 2.59. The molecule has 0 spiro atoms. The molecule has 0 bridgehead atoms. The van der Waals surface area contributed by atoms with Gasteiger partial charge in [-0.2, -0.15) is 0 Å². The van der Waals surface area contributed by atoms with Gasteiger partial charge in [-0.05, 0) is 26.3 Å². The fraction of sp³-hybridized carbons (Fsp3) is 0.900. The van der Waals surface area contributed by atoms with Crippen LogP contribution in [-0.4, -0.2) is 38.8 Å². The maximum Gasteiger partial charge on any atom is 0.224 e. The molecule has 4 heteroatoms. The maximum atomic E-state index is 11.6. The molecule has 14 heavy (non-hydrogen) atoms. The highest BCUT2D eigenvalue weighted by Crippen LogP contribution is 2.14. The van der Waals surface area contributed by atoms with Crippen molar-refractivity contribution in [2.45, 2.75) is 25.8 Å². The summed E-state index contributed by atoms with van der Waals surface area (Å²) in [4.78, 5) is 11.6. The number of amides is 1. The second kappa shape index (κ2) is 5.98. The number of nitrogens with one attached hydrogen (secondary N) is 2. The molecule has 0 aromatic carbocycles. The van der Waals surface area contributed by atoms with Gasteiger partial charge in [-0.1, -0.05) is 0 Å². The van der Waals surface area contributed by atoms with Crippen LogP contribution in [0.25, 0.3) is 0 Å². The van der Waals surface area contributed by atoms with E-state index in [0.717, 1.165) is 25.9 Å². The molecule has 0 radical (unpaired) electrons. The largest absolute Gasteiger partial charge is 0.385 e. The molecular formula is C10H20N2O2. The molecule has 82 valence electrons. The van der Waals surface area contributed by atoms with Crippen molar-refractivity contribution in [2.75, 3.05) is 26.8 Å². The summed E-state index contributed by atoms with van der Waals surface area (Å²) in [5.74, 6) is 0.330. The van der Waals surface area contributed by atoms with Gasteiger partial charge in [-0.25, -0.2) is 0 Å². The van der Waals surface area contributed by atoms with Gasteiger partial charge in [-0.3, -0.25) is 4.79 Å². The Hall–Kier alpha value is -0.610. The van der Waals surface area contributed by atoms with Gasteiger partial charge in [0, 0.05) is 26.3 Å². The monoisotopic (exact) mass is 200 g/mol. The van der Waals surface area contributed by atoms with Crippen molar-refractivity contribution in [2.24, 2.45) is 5.92 Å². The molecule has 0 aromatic rings. The molecule has 1 heterocycles. The van der Waals surface area contributed by atoms with Crippen LogP contribution in [0.2, 0.25) is 0 Å². The molecule has 0 saturated carbocycles. The predicted octanol–water partition coefficient (Wildman–Crippen LogP) is 0.137. The molecular weight excluding hydrogens is 180 g/mol. The van der Waals surface area contributed by atoms with Crippen molar-refractivity contribution in [3.8, 4) is 0 Å². The SMILES string of the molecule is COCCCNC(=O)C1CCNC1C. The number of methoxy groups -OCH3 is 1. The van der Waals surface area contributed by atoms with E-state index in [2.05, 4.69) is 17.6 Å². The molecule has 1 rings (SSSR count). The van der Waals surface area contributed by atoms with Gasteiger partial charge >= 0.3 is 0 Å². The van der Waals surface area contributed by atoms with Gasteiger partial charge in [0.1, 0.15) is 0 Å². The highest BCUT2D eigenvalue weighted by atomic mass is 16.5. The summed E-state index contributed by atoms with van der Waals surface area (Å²) in [6.07, 6.45) is 1.84. The van der Waals surface area contributed by atoms with E-state index < -0.39 is 0 Å². The summed E-state index contributed by atoms with van der Waals surface area (Å²) in [6.45, 7) is 4.44. The fourth-order valence-corrected chi connectivity index (χ4v) is 1.78. The first-order chi connectivity index (χ1) is 6.75. The van der Waals surface area contributed by atoms with Crippen LogP contribution < -0.4 is 10.6 Å². The zero-order valence-corrected chi connectivity index (χ0v) is 9.01. The van der Waals surface area contributed by atoms with Crippen LogP contribution in [0.1, 0.15) is 19.8 Å². The smallest absolute Gasteiger partial charge is 0.224 e. The summed E-state index contributed by atoms with van der Waals surface area (Å²) >= 11 is 0. The van der Waals surface area contributed by atoms with Crippen molar-refractivity contribution in [3.05, 3.63) is 0 Å². The minimum absolute atomic E-state index is 0.151. The van der Waals surface area contributed by atoms with Crippen LogP contribution >= 0.6 is 0 Å². The maximum absolute atomic E-state index is 11.6. The fourth-order valence-electron chi connectivity index (χ4n) is 1.78. The third-order valence-electron chi connectivity index (χ3n) is 2.69. The van der Waals surface area contributed by atoms with E-state index in [0.29, 0.717) is 12.6 Å². The molecule has 1 amide bonds. The number of carbonyl (C=O) groups excluding carboxylic acids is 1. The van der Waals surface area contributed by atoms with Crippen LogP contribution in [0.3, 0.4) is 0 Å². The van der Waals surface area contributed by atoms with Crippen LogP contribution in [0.5, 0.6) is 0 Å². The van der Waals surface area contributed by atoms with E-state index in [9.17, 15) is 4.79 Å². The second-order valence-corrected chi connectivity index (χ2v) is 3.78. The first kappa shape index (κ1) is 11.5. The minimum Gasteiger partial charge on any atom is -0.385 e. The Bertz CT molecular complexity index is 185. The summed E-state index contributed by atoms with van der Waals surface area (Å²) < 4.78 is 4.91. The lowest BCUT2D eigenvalue weighted by Gasteiger charge is -2.14. The topological polar surface area (TPSA) is 50.4 Å². The van der Waals surface area contributed by atoms with E-state index in [-0.39, 0.29) is 11.8 Å². The normalized spacial score (nSPS) is 26.4. The van der Waals surface area contributed by atoms with Gasteiger partial charge in [0.2, 0.25) is 5.91 Å². The highest BCUT2D eigenvalue weighted by molar-refractivity contribution is 5.79. The highest BCUT2D eigenvalue weighted by Gasteiger charge is 2.28. The Kier molecular flexibility index (Phi) is 4.90. The van der Waals surface area contributed by atoms with E-state index in [1.807, 2.05) is 0 Å². The Morgan fingerprint density at radius 2 is 2.43 bits per heavy atom. The third-order valence-corrected chi connectivity index (χ3v) is 2.69. The molecule has 0 aliphatic carbocycles. The first-order valence-electron chi connectivity index (χ1n) is 5.25. The third kappa shape index (κ3) is 3.27. The van der Waals surface area contributed by atoms with Gasteiger partial charge in [0.25, 0.3) is 0 Å². The molecule has 1 fully saturated rings. The van der Waals surface area contributed by atoms with Crippen LogP contribution in [0.4, 0.5) is 0 Å². The number of hydrogen-bond donors (Lipinski definition) is 2. The molecule has 1 saturated heterocycles. The van der Waals surface area contributed by atoms with Crippen molar-refractivity contribution in [3.63, 3.8) is 0 Å². The zero-order chi connectivity index (χ0) is 10.4. The van der Waals surface area contributed by atoms with E-state index in [4.69, 9.17) is 4.74 Å². The van der Waals surface area contributed by atoms with Crippen molar-refractivity contribution in [1.82, 2.24) is 10.6 Å². The summed E-state index contributed by atoms with van der Waals surface area (Å²) in [5.41, 5.74) is 0. The molecule has 2 unspecified atom stereocenters. The zero-order valence-electron chi connectivity index (χ0n) is 9.01. The van der Waals surface area contributed by atoms with E-state index in [1.165, 1.54) is 0 Å². The molecule has 4 nitrogen and oxygen atoms in total. The minimum atomic E-state index is 0.151. The number of hydrogen-bond acceptors (Lipinski definition) is 3. The lowest BCUT2D eigenvalue weighted by molar-refractivity contribution is -0.125. The van der Waals surface area contributed by atoms with Crippen molar-refractivity contribution >= 4 is 5.91 Å². The Morgan fingerprint density at radius 3 is 3.00 bits per heavy atom. The summed E-state index contributed by atoms with van der Waals surface area (Å²) in [5, 5.41) is 6.20. The molecule has 2 N–H and O–H groups in total. The Labute approximate surface area is 85.4 Å². The Balaban J connectivity index is 2.14. The van der Waals surface area contributed by atoms with E-state index in [1.54, 1.807) is 7.11 Å². The lowest BCUT2D eigenvalue weighted by atomic mass is 10.0. The standard InChI is InChI=1S/C10H20N2O2/c1-8-9(4-6-11-8)10(13)12-5-3-7-14-2/h8-9,11H,3-7H2,1-2H3,(H,12,13). The average molecular weight is 200 g/mol. The molecule has 2 atom stereocenters. The van der Waals surface area contributed by atoms with Gasteiger partial charge in [0.05, 0.1) is 5.92 Å². The van der Waals surface area contributed by atoms with Gasteiger partial charge < -0.3 is 15.4 Å². The van der Waals surface area contributed by atoms with Gasteiger partial charge in [-0.15, -0.1) is 0 Å². The first-order valence-corrected chi connectivity index (χ1v) is 5.25. The van der Waals surface area contributed by atoms with Crippen LogP contribution in [0.15, 0.2) is 0 Å². The van der Waals surface area contributed by atoms with Crippen molar-refractivity contribution in [1.29, 1.82) is 0 Å². The second-order valence-electron chi connectivity index (χ2n) is 3.78. The summed E-state index contributed by atoms with van der Waals surface area (Å²) in [7, 11) is 1.67. The molecule has 0 aromatic heterocycles.